The maximum atomic E-state index is 11.5. The molecule has 0 bridgehead atoms. The van der Waals surface area contributed by atoms with Gasteiger partial charge in [-0.15, -0.1) is 286 Å². The first-order valence-electron chi connectivity index (χ1n) is 22.6. The predicted molar refractivity (Wildman–Crippen MR) is 633 cm³/mol. The van der Waals surface area contributed by atoms with Crippen LogP contribution in [0.1, 0.15) is 31.4 Å². The van der Waals surface area contributed by atoms with Crippen LogP contribution in [0.2, 0.25) is 0 Å². The van der Waals surface area contributed by atoms with Crippen molar-refractivity contribution in [1.82, 2.24) is 0 Å². The first-order valence-corrected chi connectivity index (χ1v) is 134. The van der Waals surface area contributed by atoms with E-state index in [9.17, 15) is 19.2 Å². The zero-order valence-corrected chi connectivity index (χ0v) is 114. The van der Waals surface area contributed by atoms with Gasteiger partial charge in [-0.1, -0.05) is 64.1 Å². The van der Waals surface area contributed by atoms with Crippen molar-refractivity contribution in [2.24, 2.45) is 0 Å². The van der Waals surface area contributed by atoms with Crippen molar-refractivity contribution in [2.45, 2.75) is 33.1 Å². The van der Waals surface area contributed by atoms with Gasteiger partial charge in [0.15, 0.2) is 0 Å². The topological polar surface area (TPSA) is 105 Å². The number of carbonyl (C=O) groups is 4. The summed E-state index contributed by atoms with van der Waals surface area (Å²) in [6, 6.07) is 14.6. The Labute approximate surface area is 671 Å². The molecule has 0 aromatic heterocycles. The van der Waals surface area contributed by atoms with Crippen LogP contribution in [0.3, 0.4) is 0 Å². The quantitative estimate of drug-likeness (QED) is 0.0225. The molecule has 526 valence electrons. The lowest BCUT2D eigenvalue weighted by Crippen LogP contribution is -2.24. The van der Waals surface area contributed by atoms with Gasteiger partial charge < -0.3 is 5.53 Å². The van der Waals surface area contributed by atoms with Crippen molar-refractivity contribution < 1.29 is 24.0 Å². The fourth-order valence-electron chi connectivity index (χ4n) is 5.69. The monoisotopic (exact) mass is 2490 g/mol. The molecule has 6 nitrogen and oxygen atoms in total. The smallest absolute Gasteiger partial charge is 0.360 e. The minimum Gasteiger partial charge on any atom is -0.360 e. The Hall–Kier alpha value is 23.7. The van der Waals surface area contributed by atoms with Crippen molar-refractivity contribution in [3.05, 3.63) is 74.1 Å². The highest BCUT2D eigenvalue weighted by Crippen LogP contribution is 3.41. The highest BCUT2D eigenvalue weighted by atomic mass is 79.9. The second-order valence-corrected chi connectivity index (χ2v) is 262. The molecule has 0 amide bonds. The molecular weight excluding hydrogens is 2410 g/mol. The van der Waals surface area contributed by atoms with Crippen LogP contribution in [-0.2, 0) is 32.0 Å². The van der Waals surface area contributed by atoms with Crippen LogP contribution in [0.25, 0.3) is 5.53 Å². The standard InChI is InChI=1S/C11H9BrN2O2.C11H11BrO2.H33P31.H32P30/c1-7(15)11(14-13)10(16)6-8-2-4-9(12)5-3-8;1-8(13)6-11(14)7-9-2-4-10(12)5-3-9;1-17-25(16)29(24(14)15)31(28(22(10)11)23(12)13)30(26(18(2)3)19(4)5)27(20(6)7)21(8)9;1-17(2)25(18(3)4)29(26(19(5)6)20(7)8)30(27(21(9)10)22(11)12)28(23(13)14)24(15)16/h2-5H,6H2,1H3;2-5H,6-7H2,1H3;17H,1-16H2;1-16H2. The third kappa shape index (κ3) is 48.1. The molecule has 91 heavy (non-hydrogen) atoms. The highest BCUT2D eigenvalue weighted by molar-refractivity contribution is 9.46. The van der Waals surface area contributed by atoms with Crippen molar-refractivity contribution in [3.63, 3.8) is 0 Å². The lowest BCUT2D eigenvalue weighted by Gasteiger charge is -2.52. The van der Waals surface area contributed by atoms with Crippen LogP contribution >= 0.6 is 521 Å². The van der Waals surface area contributed by atoms with Gasteiger partial charge in [0, 0.05) is 28.7 Å². The van der Waals surface area contributed by atoms with Crippen LogP contribution in [0.5, 0.6) is 0 Å². The Morgan fingerprint density at radius 2 is 0.571 bits per heavy atom. The van der Waals surface area contributed by atoms with E-state index in [1.54, 1.807) is 24.3 Å². The molecule has 0 aliphatic heterocycles. The van der Waals surface area contributed by atoms with E-state index in [-0.39, 0.29) is 220 Å². The summed E-state index contributed by atoms with van der Waals surface area (Å²) in [6.07, 6.45) is 0.426. The van der Waals surface area contributed by atoms with E-state index in [1.165, 1.54) is 13.8 Å². The number of hydrogen-bond donors (Lipinski definition) is 0. The molecule has 36 atom stereocenters. The number of halogens is 2. The van der Waals surface area contributed by atoms with E-state index in [2.05, 4.69) is 322 Å². The fraction of sp³-hybridized carbons (Fsp3) is 0.227. The molecule has 0 fully saturated rings. The van der Waals surface area contributed by atoms with Gasteiger partial charge in [0.2, 0.25) is 5.78 Å². The third-order valence-electron chi connectivity index (χ3n) is 8.76. The van der Waals surface area contributed by atoms with Gasteiger partial charge in [0.25, 0.3) is 5.78 Å². The average molecular weight is 2490 g/mol. The van der Waals surface area contributed by atoms with Crippen LogP contribution in [-0.4, -0.2) is 33.6 Å². The van der Waals surface area contributed by atoms with Gasteiger partial charge in [-0.25, -0.2) is 0 Å². The number of Topliss-reactive ketones (excluding diaryl/α,β-unsaturated/α-hetero) is 4. The molecule has 0 saturated heterocycles. The summed E-state index contributed by atoms with van der Waals surface area (Å²) in [5.41, 5.74) is 9.82. The molecule has 0 saturated carbocycles. The van der Waals surface area contributed by atoms with E-state index in [4.69, 9.17) is 5.53 Å². The summed E-state index contributed by atoms with van der Waals surface area (Å²) in [7, 11) is 106. The Bertz CT molecular complexity index is 2290. The van der Waals surface area contributed by atoms with Gasteiger partial charge in [-0.05, 0) is 238 Å². The zero-order valence-electron chi connectivity index (χ0n) is 48.0. The minimum atomic E-state index is -0.537. The van der Waals surface area contributed by atoms with Crippen LogP contribution in [0.15, 0.2) is 57.5 Å². The van der Waals surface area contributed by atoms with E-state index < -0.39 is 17.3 Å². The number of ketones is 4. The lowest BCUT2D eigenvalue weighted by molar-refractivity contribution is -0.126. The molecule has 0 N–H and O–H groups in total. The molecule has 2 aromatic rings. The molecule has 0 heterocycles. The molecular formula is C22H85Br2N2O4P61. The average Bonchev–Trinajstić information content (AvgIpc) is 0.806. The molecule has 69 heteroatoms. The fourth-order valence-corrected chi connectivity index (χ4v) is 812. The van der Waals surface area contributed by atoms with Crippen molar-refractivity contribution in [2.75, 3.05) is 0 Å². The predicted octanol–water partition coefficient (Wildman–Crippen LogP) is 39.5. The number of hydrogen-bond acceptors (Lipinski definition) is 4. The summed E-state index contributed by atoms with van der Waals surface area (Å²) in [5.74, 6) is -1.13. The minimum absolute atomic E-state index is 0.0279. The van der Waals surface area contributed by atoms with E-state index >= 15 is 0 Å². The van der Waals surface area contributed by atoms with E-state index in [1.807, 2.05) is 24.3 Å². The molecule has 0 aliphatic carbocycles. The van der Waals surface area contributed by atoms with Crippen molar-refractivity contribution >= 4 is 550 Å². The van der Waals surface area contributed by atoms with E-state index in [0.29, 0.717) is 6.42 Å². The van der Waals surface area contributed by atoms with E-state index in [0.717, 1.165) is 28.0 Å². The summed E-state index contributed by atoms with van der Waals surface area (Å²) >= 11 is 6.59. The van der Waals surface area contributed by atoms with Crippen molar-refractivity contribution in [1.29, 1.82) is 0 Å². The summed E-state index contributed by atoms with van der Waals surface area (Å²) in [6.45, 7) is 2.26. The normalized spacial score (nSPS) is 13.7. The molecule has 0 aliphatic rings. The Morgan fingerprint density at radius 3 is 0.747 bits per heavy atom. The number of rotatable bonds is 35. The molecule has 0 radical (unpaired) electrons. The Morgan fingerprint density at radius 1 is 0.363 bits per heavy atom. The summed E-state index contributed by atoms with van der Waals surface area (Å²) < 4.78 is 1.89. The lowest BCUT2D eigenvalue weighted by atomic mass is 10.0. The van der Waals surface area contributed by atoms with Gasteiger partial charge in [0.1, 0.15) is 11.6 Å². The molecule has 2 aromatic carbocycles. The maximum Gasteiger partial charge on any atom is 0.400 e. The number of nitrogens with zero attached hydrogens (tertiary/aromatic N) is 2. The second-order valence-electron chi connectivity index (χ2n) is 15.8. The van der Waals surface area contributed by atoms with Crippen LogP contribution < -0.4 is 0 Å². The zero-order chi connectivity index (χ0) is 71.6. The largest absolute Gasteiger partial charge is 0.400 e. The highest BCUT2D eigenvalue weighted by Gasteiger charge is 2.53. The third-order valence-corrected chi connectivity index (χ3v) is 412. The van der Waals surface area contributed by atoms with Crippen LogP contribution in [0.4, 0.5) is 0 Å². The van der Waals surface area contributed by atoms with Crippen molar-refractivity contribution in [3.8, 4) is 0 Å². The summed E-state index contributed by atoms with van der Waals surface area (Å²) in [5, 5.41) is 0. The van der Waals surface area contributed by atoms with Gasteiger partial charge in [-0.2, -0.15) is 4.79 Å². The first-order chi connectivity index (χ1) is 41.8. The van der Waals surface area contributed by atoms with Gasteiger partial charge in [0.05, 0.1) is 6.42 Å². The second kappa shape index (κ2) is 66.2. The Kier molecular flexibility index (Phi) is 84.9. The van der Waals surface area contributed by atoms with Crippen LogP contribution in [0, 0.1) is 0 Å². The number of benzene rings is 2. The number of carbonyl (C=O) groups excluding carboxylic acids is 4. The van der Waals surface area contributed by atoms with Gasteiger partial charge in [-0.3, -0.25) is 19.2 Å². The maximum absolute atomic E-state index is 11.5. The first kappa shape index (κ1) is 117. The summed E-state index contributed by atoms with van der Waals surface area (Å²) in [4.78, 5) is 47.1. The van der Waals surface area contributed by atoms with Gasteiger partial charge >= 0.3 is 5.71 Å². The molecule has 2 rings (SSSR count). The molecule has 0 spiro atoms. The SMILES string of the molecule is CC(=O)C(=[N+]=[N-])C(=O)Cc1ccc(Br)cc1.CC(=O)CC(=O)Cc1ccc(Br)cc1.PP(P)P(P(P)P)P(P(P(P)P)P(P)P)P(P(P(P)P)P(P)P)P(P(P)P)P(P)P.PPP(P)P(P(P)P)P(P(P(P)P)P(P)P)P(P(P(P)P)P(P)P)P(P(P)P)P(P)P. The Balaban J connectivity index is 0. The molecule has 36 unspecified atom stereocenters.